The fourth-order valence-electron chi connectivity index (χ4n) is 2.00. The van der Waals surface area contributed by atoms with E-state index in [0.717, 1.165) is 12.1 Å². The van der Waals surface area contributed by atoms with E-state index in [9.17, 15) is 8.78 Å². The fourth-order valence-corrected chi connectivity index (χ4v) is 2.22. The van der Waals surface area contributed by atoms with E-state index < -0.39 is 11.6 Å². The molecule has 0 saturated heterocycles. The van der Waals surface area contributed by atoms with Crippen LogP contribution in [0.4, 0.5) is 20.2 Å². The minimum Gasteiger partial charge on any atom is -0.486 e. The molecule has 1 aliphatic rings. The van der Waals surface area contributed by atoms with E-state index in [0.29, 0.717) is 30.4 Å². The van der Waals surface area contributed by atoms with Crippen LogP contribution in [0.15, 0.2) is 36.4 Å². The average molecular weight is 322 g/mol. The number of hydrogen-bond donors (Lipinski definition) is 2. The molecule has 22 heavy (non-hydrogen) atoms. The molecule has 0 spiro atoms. The van der Waals surface area contributed by atoms with Gasteiger partial charge in [-0.15, -0.1) is 0 Å². The van der Waals surface area contributed by atoms with Crippen molar-refractivity contribution in [3.8, 4) is 11.5 Å². The van der Waals surface area contributed by atoms with Crippen molar-refractivity contribution < 1.29 is 18.3 Å². The van der Waals surface area contributed by atoms with Crippen molar-refractivity contribution in [3.05, 3.63) is 48.0 Å². The van der Waals surface area contributed by atoms with Gasteiger partial charge < -0.3 is 20.1 Å². The number of halogens is 2. The van der Waals surface area contributed by atoms with Crippen LogP contribution < -0.4 is 20.1 Å². The molecule has 0 aromatic heterocycles. The van der Waals surface area contributed by atoms with Gasteiger partial charge in [0.05, 0.1) is 5.69 Å². The van der Waals surface area contributed by atoms with Crippen LogP contribution in [-0.4, -0.2) is 18.3 Å². The lowest BCUT2D eigenvalue weighted by Gasteiger charge is -2.19. The van der Waals surface area contributed by atoms with E-state index in [4.69, 9.17) is 21.7 Å². The molecular weight excluding hydrogens is 310 g/mol. The van der Waals surface area contributed by atoms with Crippen molar-refractivity contribution in [2.45, 2.75) is 0 Å². The van der Waals surface area contributed by atoms with Gasteiger partial charge in [-0.1, -0.05) is 0 Å². The van der Waals surface area contributed by atoms with Gasteiger partial charge in [-0.25, -0.2) is 8.78 Å². The summed E-state index contributed by atoms with van der Waals surface area (Å²) >= 11 is 5.11. The molecule has 0 saturated carbocycles. The van der Waals surface area contributed by atoms with Gasteiger partial charge >= 0.3 is 0 Å². The Morgan fingerprint density at radius 2 is 1.73 bits per heavy atom. The third-order valence-electron chi connectivity index (χ3n) is 2.98. The first-order valence-corrected chi connectivity index (χ1v) is 6.95. The lowest BCUT2D eigenvalue weighted by Crippen LogP contribution is -2.20. The largest absolute Gasteiger partial charge is 0.486 e. The van der Waals surface area contributed by atoms with Crippen molar-refractivity contribution in [2.24, 2.45) is 0 Å². The van der Waals surface area contributed by atoms with E-state index in [2.05, 4.69) is 10.6 Å². The van der Waals surface area contributed by atoms with E-state index in [-0.39, 0.29) is 10.8 Å². The molecule has 2 aromatic carbocycles. The summed E-state index contributed by atoms with van der Waals surface area (Å²) in [6, 6.07) is 8.49. The number of rotatable bonds is 2. The second-order valence-electron chi connectivity index (χ2n) is 4.56. The summed E-state index contributed by atoms with van der Waals surface area (Å²) in [5.74, 6) is -0.0765. The van der Waals surface area contributed by atoms with Crippen LogP contribution in [-0.2, 0) is 0 Å². The average Bonchev–Trinajstić information content (AvgIpc) is 2.50. The monoisotopic (exact) mass is 322 g/mol. The fraction of sp³-hybridized carbons (Fsp3) is 0.133. The van der Waals surface area contributed by atoms with Crippen LogP contribution in [0.1, 0.15) is 0 Å². The number of anilines is 2. The van der Waals surface area contributed by atoms with E-state index >= 15 is 0 Å². The minimum absolute atomic E-state index is 0.0939. The van der Waals surface area contributed by atoms with Crippen molar-refractivity contribution >= 4 is 28.7 Å². The molecule has 0 amide bonds. The Morgan fingerprint density at radius 3 is 2.50 bits per heavy atom. The van der Waals surface area contributed by atoms with Crippen LogP contribution in [0, 0.1) is 11.6 Å². The van der Waals surface area contributed by atoms with E-state index in [1.165, 1.54) is 6.07 Å². The second kappa shape index (κ2) is 6.15. The molecule has 114 valence electrons. The molecule has 3 rings (SSSR count). The lowest BCUT2D eigenvalue weighted by atomic mass is 10.2. The highest BCUT2D eigenvalue weighted by Gasteiger charge is 2.12. The first-order valence-electron chi connectivity index (χ1n) is 6.54. The van der Waals surface area contributed by atoms with Gasteiger partial charge in [0, 0.05) is 17.8 Å². The summed E-state index contributed by atoms with van der Waals surface area (Å²) in [6.45, 7) is 1.00. The molecule has 0 fully saturated rings. The SMILES string of the molecule is Fc1ccc(NC(=S)Nc2ccc3c(c2)OCCO3)c(F)c1. The minimum atomic E-state index is -0.716. The number of ether oxygens (including phenoxy) is 2. The number of nitrogens with one attached hydrogen (secondary N) is 2. The van der Waals surface area contributed by atoms with Gasteiger partial charge in [-0.2, -0.15) is 0 Å². The molecule has 0 atom stereocenters. The molecule has 0 radical (unpaired) electrons. The lowest BCUT2D eigenvalue weighted by molar-refractivity contribution is 0.171. The van der Waals surface area contributed by atoms with Crippen LogP contribution in [0.25, 0.3) is 0 Å². The summed E-state index contributed by atoms with van der Waals surface area (Å²) in [4.78, 5) is 0. The Bertz CT molecular complexity index is 725. The first kappa shape index (κ1) is 14.5. The zero-order valence-electron chi connectivity index (χ0n) is 11.4. The zero-order valence-corrected chi connectivity index (χ0v) is 12.2. The molecule has 0 unspecified atom stereocenters. The van der Waals surface area contributed by atoms with Crippen molar-refractivity contribution in [1.29, 1.82) is 0 Å². The highest BCUT2D eigenvalue weighted by Crippen LogP contribution is 2.32. The molecular formula is C15H12F2N2O2S. The van der Waals surface area contributed by atoms with E-state index in [1.54, 1.807) is 18.2 Å². The Morgan fingerprint density at radius 1 is 0.955 bits per heavy atom. The third kappa shape index (κ3) is 3.25. The van der Waals surface area contributed by atoms with Gasteiger partial charge in [0.25, 0.3) is 0 Å². The van der Waals surface area contributed by atoms with Gasteiger partial charge in [0.1, 0.15) is 24.8 Å². The molecule has 2 aromatic rings. The third-order valence-corrected chi connectivity index (χ3v) is 3.18. The Kier molecular flexibility index (Phi) is 4.06. The molecule has 1 heterocycles. The molecule has 2 N–H and O–H groups in total. The van der Waals surface area contributed by atoms with Crippen LogP contribution in [0.2, 0.25) is 0 Å². The Labute approximate surface area is 131 Å². The topological polar surface area (TPSA) is 42.5 Å². The number of benzene rings is 2. The molecule has 0 aliphatic carbocycles. The summed E-state index contributed by atoms with van der Waals surface area (Å²) in [5, 5.41) is 5.76. The van der Waals surface area contributed by atoms with Crippen molar-refractivity contribution in [1.82, 2.24) is 0 Å². The number of thiocarbonyl (C=S) groups is 1. The quantitative estimate of drug-likeness (QED) is 0.828. The summed E-state index contributed by atoms with van der Waals surface area (Å²) < 4.78 is 37.3. The van der Waals surface area contributed by atoms with Crippen molar-refractivity contribution in [3.63, 3.8) is 0 Å². The Balaban J connectivity index is 1.69. The summed E-state index contributed by atoms with van der Waals surface area (Å²) in [5.41, 5.74) is 0.765. The van der Waals surface area contributed by atoms with Gasteiger partial charge in [0.15, 0.2) is 16.6 Å². The first-order chi connectivity index (χ1) is 10.6. The molecule has 1 aliphatic heterocycles. The van der Waals surface area contributed by atoms with Crippen LogP contribution in [0.5, 0.6) is 11.5 Å². The Hall–Kier alpha value is -2.41. The van der Waals surface area contributed by atoms with Gasteiger partial charge in [-0.3, -0.25) is 0 Å². The molecule has 7 heteroatoms. The van der Waals surface area contributed by atoms with Crippen LogP contribution in [0.3, 0.4) is 0 Å². The highest BCUT2D eigenvalue weighted by molar-refractivity contribution is 7.80. The van der Waals surface area contributed by atoms with E-state index in [1.807, 2.05) is 0 Å². The normalized spacial score (nSPS) is 12.6. The molecule has 0 bridgehead atoms. The smallest absolute Gasteiger partial charge is 0.175 e. The van der Waals surface area contributed by atoms with Gasteiger partial charge in [-0.05, 0) is 36.5 Å². The summed E-state index contributed by atoms with van der Waals surface area (Å²) in [7, 11) is 0. The van der Waals surface area contributed by atoms with Gasteiger partial charge in [0.2, 0.25) is 0 Å². The number of fused-ring (bicyclic) bond motifs is 1. The predicted octanol–water partition coefficient (Wildman–Crippen LogP) is 3.54. The molecule has 4 nitrogen and oxygen atoms in total. The maximum atomic E-state index is 13.5. The maximum absolute atomic E-state index is 13.5. The predicted molar refractivity (Wildman–Crippen MR) is 83.6 cm³/mol. The second-order valence-corrected chi connectivity index (χ2v) is 4.97. The highest BCUT2D eigenvalue weighted by atomic mass is 32.1. The maximum Gasteiger partial charge on any atom is 0.175 e. The summed E-state index contributed by atoms with van der Waals surface area (Å²) in [6.07, 6.45) is 0. The number of hydrogen-bond acceptors (Lipinski definition) is 3. The standard InChI is InChI=1S/C15H12F2N2O2S/c16-9-1-3-12(11(17)7-9)19-15(22)18-10-2-4-13-14(8-10)21-6-5-20-13/h1-4,7-8H,5-6H2,(H2,18,19,22). The van der Waals surface area contributed by atoms with Crippen molar-refractivity contribution in [2.75, 3.05) is 23.8 Å². The van der Waals surface area contributed by atoms with Crippen LogP contribution >= 0.6 is 12.2 Å². The zero-order chi connectivity index (χ0) is 15.5.